The van der Waals surface area contributed by atoms with Gasteiger partial charge >= 0.3 is 0 Å². The summed E-state index contributed by atoms with van der Waals surface area (Å²) < 4.78 is 11.2. The summed E-state index contributed by atoms with van der Waals surface area (Å²) in [5, 5.41) is 7.09. The van der Waals surface area contributed by atoms with Gasteiger partial charge in [-0.3, -0.25) is 4.90 Å². The Hall–Kier alpha value is -1.28. The van der Waals surface area contributed by atoms with E-state index < -0.39 is 0 Å². The van der Waals surface area contributed by atoms with E-state index >= 15 is 0 Å². The molecule has 126 valence electrons. The third-order valence-corrected chi connectivity index (χ3v) is 5.01. The van der Waals surface area contributed by atoms with Gasteiger partial charge in [-0.25, -0.2) is 9.97 Å². The van der Waals surface area contributed by atoms with Gasteiger partial charge in [0.25, 0.3) is 0 Å². The lowest BCUT2D eigenvalue weighted by Gasteiger charge is -2.34. The molecule has 0 saturated carbocycles. The molecule has 3 aliphatic heterocycles. The lowest BCUT2D eigenvalue weighted by atomic mass is 10.1. The van der Waals surface area contributed by atoms with Gasteiger partial charge in [-0.05, 0) is 13.0 Å². The summed E-state index contributed by atoms with van der Waals surface area (Å²) in [4.78, 5) is 11.5. The summed E-state index contributed by atoms with van der Waals surface area (Å²) in [6.45, 7) is 7.10. The van der Waals surface area contributed by atoms with Crippen LogP contribution in [0.1, 0.15) is 11.3 Å². The molecule has 0 radical (unpaired) electrons. The van der Waals surface area contributed by atoms with Gasteiger partial charge in [0.05, 0.1) is 44.2 Å². The molecule has 4 heterocycles. The molecule has 2 atom stereocenters. The van der Waals surface area contributed by atoms with Gasteiger partial charge in [-0.15, -0.1) is 0 Å². The van der Waals surface area contributed by atoms with Gasteiger partial charge in [0.2, 0.25) is 0 Å². The van der Waals surface area contributed by atoms with Gasteiger partial charge < -0.3 is 20.1 Å². The zero-order chi connectivity index (χ0) is 15.5. The minimum atomic E-state index is 0.281. The molecule has 0 amide bonds. The van der Waals surface area contributed by atoms with Crippen LogP contribution in [0.2, 0.25) is 0 Å². The van der Waals surface area contributed by atoms with Gasteiger partial charge in [0.1, 0.15) is 12.1 Å². The highest BCUT2D eigenvalue weighted by Crippen LogP contribution is 2.23. The van der Waals surface area contributed by atoms with Gasteiger partial charge in [-0.2, -0.15) is 0 Å². The fraction of sp³-hybridized carbons (Fsp3) is 0.750. The maximum Gasteiger partial charge on any atom is 0.133 e. The van der Waals surface area contributed by atoms with E-state index in [9.17, 15) is 0 Å². The number of hydrogen-bond acceptors (Lipinski definition) is 7. The van der Waals surface area contributed by atoms with Crippen LogP contribution in [0.3, 0.4) is 0 Å². The number of anilines is 1. The average Bonchev–Trinajstić information content (AvgIpc) is 2.91. The van der Waals surface area contributed by atoms with Crippen LogP contribution in [0.4, 0.5) is 5.82 Å². The summed E-state index contributed by atoms with van der Waals surface area (Å²) in [5.74, 6) is 0.993. The molecule has 7 nitrogen and oxygen atoms in total. The Balaban J connectivity index is 1.50. The van der Waals surface area contributed by atoms with Crippen molar-refractivity contribution in [3.8, 4) is 0 Å². The van der Waals surface area contributed by atoms with Crippen LogP contribution in [0.15, 0.2) is 6.33 Å². The Morgan fingerprint density at radius 2 is 1.96 bits per heavy atom. The molecule has 0 bridgehead atoms. The first-order valence-electron chi connectivity index (χ1n) is 8.61. The molecular weight excluding hydrogens is 294 g/mol. The SMILES string of the molecule is c1nc2c(c(N[C@H]3COC[C@@H]3N3CCOCC3)n1)CCNCC2. The Labute approximate surface area is 136 Å². The molecule has 0 aromatic carbocycles. The number of rotatable bonds is 3. The molecular formula is C16H25N5O2. The maximum absolute atomic E-state index is 5.76. The number of morpholine rings is 1. The predicted molar refractivity (Wildman–Crippen MR) is 86.7 cm³/mol. The van der Waals surface area contributed by atoms with Crippen molar-refractivity contribution in [2.45, 2.75) is 24.9 Å². The molecule has 2 fully saturated rings. The van der Waals surface area contributed by atoms with Crippen LogP contribution in [0, 0.1) is 0 Å². The van der Waals surface area contributed by atoms with E-state index in [2.05, 4.69) is 25.5 Å². The lowest BCUT2D eigenvalue weighted by Crippen LogP contribution is -2.51. The molecule has 2 saturated heterocycles. The Morgan fingerprint density at radius 1 is 1.09 bits per heavy atom. The molecule has 7 heteroatoms. The van der Waals surface area contributed by atoms with E-state index in [1.165, 1.54) is 11.3 Å². The van der Waals surface area contributed by atoms with E-state index in [0.717, 1.165) is 71.3 Å². The van der Waals surface area contributed by atoms with Crippen LogP contribution in [0.25, 0.3) is 0 Å². The Bertz CT molecular complexity index is 535. The Morgan fingerprint density at radius 3 is 2.87 bits per heavy atom. The molecule has 3 aliphatic rings. The molecule has 2 N–H and O–H groups in total. The normalized spacial score (nSPS) is 29.0. The highest BCUT2D eigenvalue weighted by atomic mass is 16.5. The summed E-state index contributed by atoms with van der Waals surface area (Å²) in [7, 11) is 0. The van der Waals surface area contributed by atoms with E-state index in [1.54, 1.807) is 6.33 Å². The highest BCUT2D eigenvalue weighted by molar-refractivity contribution is 5.48. The predicted octanol–water partition coefficient (Wildman–Crippen LogP) is -0.324. The maximum atomic E-state index is 5.76. The zero-order valence-corrected chi connectivity index (χ0v) is 13.5. The molecule has 1 aromatic heterocycles. The number of nitrogens with one attached hydrogen (secondary N) is 2. The molecule has 23 heavy (non-hydrogen) atoms. The number of fused-ring (bicyclic) bond motifs is 1. The molecule has 0 spiro atoms. The minimum Gasteiger partial charge on any atom is -0.379 e. The standard InChI is InChI=1S/C16H25N5O2/c1-3-17-4-2-13-12(1)16(19-11-18-13)20-14-9-23-10-15(14)21-5-7-22-8-6-21/h11,14-15,17H,1-10H2,(H,18,19,20)/t14-,15-/m0/s1. The summed E-state index contributed by atoms with van der Waals surface area (Å²) in [6.07, 6.45) is 3.64. The van der Waals surface area contributed by atoms with Crippen LogP contribution < -0.4 is 10.6 Å². The quantitative estimate of drug-likeness (QED) is 0.791. The fourth-order valence-corrected chi connectivity index (χ4v) is 3.72. The first-order valence-corrected chi connectivity index (χ1v) is 8.61. The van der Waals surface area contributed by atoms with Crippen molar-refractivity contribution in [3.05, 3.63) is 17.6 Å². The van der Waals surface area contributed by atoms with Crippen molar-refractivity contribution in [3.63, 3.8) is 0 Å². The summed E-state index contributed by atoms with van der Waals surface area (Å²) in [5.41, 5.74) is 2.44. The smallest absolute Gasteiger partial charge is 0.133 e. The monoisotopic (exact) mass is 319 g/mol. The van der Waals surface area contributed by atoms with Crippen molar-refractivity contribution in [1.82, 2.24) is 20.2 Å². The second kappa shape index (κ2) is 7.09. The van der Waals surface area contributed by atoms with Crippen LogP contribution in [0.5, 0.6) is 0 Å². The van der Waals surface area contributed by atoms with Crippen molar-refractivity contribution in [2.24, 2.45) is 0 Å². The third-order valence-electron chi connectivity index (χ3n) is 5.01. The van der Waals surface area contributed by atoms with Gasteiger partial charge in [-0.1, -0.05) is 0 Å². The van der Waals surface area contributed by atoms with Gasteiger partial charge in [0.15, 0.2) is 0 Å². The zero-order valence-electron chi connectivity index (χ0n) is 13.5. The van der Waals surface area contributed by atoms with Gasteiger partial charge in [0, 0.05) is 31.6 Å². The van der Waals surface area contributed by atoms with E-state index in [1.807, 2.05) is 0 Å². The highest BCUT2D eigenvalue weighted by Gasteiger charge is 2.34. The molecule has 4 rings (SSSR count). The number of ether oxygens (including phenoxy) is 2. The number of nitrogens with zero attached hydrogens (tertiary/aromatic N) is 3. The van der Waals surface area contributed by atoms with Crippen molar-refractivity contribution in [2.75, 3.05) is 57.9 Å². The number of hydrogen-bond donors (Lipinski definition) is 2. The average molecular weight is 319 g/mol. The topological polar surface area (TPSA) is 71.5 Å². The fourth-order valence-electron chi connectivity index (χ4n) is 3.72. The second-order valence-electron chi connectivity index (χ2n) is 6.40. The van der Waals surface area contributed by atoms with Crippen molar-refractivity contribution < 1.29 is 9.47 Å². The first-order chi connectivity index (χ1) is 11.4. The largest absolute Gasteiger partial charge is 0.379 e. The summed E-state index contributed by atoms with van der Waals surface area (Å²) >= 11 is 0. The van der Waals surface area contributed by atoms with Crippen LogP contribution in [-0.4, -0.2) is 79.6 Å². The van der Waals surface area contributed by atoms with Crippen molar-refractivity contribution >= 4 is 5.82 Å². The first kappa shape index (κ1) is 15.3. The summed E-state index contributed by atoms with van der Waals surface area (Å²) in [6, 6.07) is 0.678. The van der Waals surface area contributed by atoms with E-state index in [4.69, 9.17) is 9.47 Å². The minimum absolute atomic E-state index is 0.281. The molecule has 1 aromatic rings. The van der Waals surface area contributed by atoms with Crippen LogP contribution in [-0.2, 0) is 22.3 Å². The van der Waals surface area contributed by atoms with E-state index in [0.29, 0.717) is 6.04 Å². The van der Waals surface area contributed by atoms with Crippen molar-refractivity contribution in [1.29, 1.82) is 0 Å². The lowest BCUT2D eigenvalue weighted by molar-refractivity contribution is 0.0130. The molecule has 0 aliphatic carbocycles. The second-order valence-corrected chi connectivity index (χ2v) is 6.40. The van der Waals surface area contributed by atoms with E-state index in [-0.39, 0.29) is 6.04 Å². The molecule has 0 unspecified atom stereocenters. The number of aromatic nitrogens is 2. The Kier molecular flexibility index (Phi) is 4.70. The third kappa shape index (κ3) is 3.33. The van der Waals surface area contributed by atoms with Crippen LogP contribution >= 0.6 is 0 Å².